The first-order valence-corrected chi connectivity index (χ1v) is 7.70. The molecule has 2 aromatic heterocycles. The molecule has 25 heavy (non-hydrogen) atoms. The molecule has 0 saturated carbocycles. The molecule has 3 rings (SSSR count). The molecule has 0 unspecified atom stereocenters. The van der Waals surface area contributed by atoms with Crippen LogP contribution in [0.4, 0.5) is 10.2 Å². The molecule has 0 fully saturated rings. The maximum absolute atomic E-state index is 13.5. The van der Waals surface area contributed by atoms with Gasteiger partial charge in [0.15, 0.2) is 0 Å². The Morgan fingerprint density at radius 3 is 2.52 bits per heavy atom. The van der Waals surface area contributed by atoms with Crippen LogP contribution in [0.15, 0.2) is 61.1 Å². The van der Waals surface area contributed by atoms with Crippen molar-refractivity contribution < 1.29 is 9.18 Å². The smallest absolute Gasteiger partial charge is 0.271 e. The zero-order valence-corrected chi connectivity index (χ0v) is 13.3. The summed E-state index contributed by atoms with van der Waals surface area (Å²) in [6, 6.07) is 11.9. The van der Waals surface area contributed by atoms with E-state index >= 15 is 0 Å². The van der Waals surface area contributed by atoms with Crippen LogP contribution in [-0.2, 0) is 13.1 Å². The lowest BCUT2D eigenvalue weighted by molar-refractivity contribution is 0.0945. The summed E-state index contributed by atoms with van der Waals surface area (Å²) in [4.78, 5) is 24.5. The van der Waals surface area contributed by atoms with Crippen molar-refractivity contribution >= 4 is 11.7 Å². The number of pyridine rings is 1. The Hall–Kier alpha value is -3.35. The summed E-state index contributed by atoms with van der Waals surface area (Å²) >= 11 is 0. The second-order valence-corrected chi connectivity index (χ2v) is 5.24. The number of hydrogen-bond donors (Lipinski definition) is 2. The molecule has 0 radical (unpaired) electrons. The summed E-state index contributed by atoms with van der Waals surface area (Å²) in [6.45, 7) is 0.598. The van der Waals surface area contributed by atoms with Crippen molar-refractivity contribution in [1.29, 1.82) is 0 Å². The summed E-state index contributed by atoms with van der Waals surface area (Å²) < 4.78 is 13.5. The molecule has 0 bridgehead atoms. The largest absolute Gasteiger partial charge is 0.363 e. The number of carbonyl (C=O) groups is 1. The van der Waals surface area contributed by atoms with Crippen LogP contribution in [0.5, 0.6) is 0 Å². The minimum atomic E-state index is -0.410. The molecule has 2 N–H and O–H groups in total. The lowest BCUT2D eigenvalue weighted by Crippen LogP contribution is -2.24. The van der Waals surface area contributed by atoms with Crippen molar-refractivity contribution in [2.75, 3.05) is 5.32 Å². The number of nitrogens with zero attached hydrogens (tertiary/aromatic N) is 3. The van der Waals surface area contributed by atoms with Crippen molar-refractivity contribution in [1.82, 2.24) is 20.3 Å². The fourth-order valence-corrected chi connectivity index (χ4v) is 2.13. The van der Waals surface area contributed by atoms with Crippen molar-refractivity contribution in [3.8, 4) is 0 Å². The van der Waals surface area contributed by atoms with Crippen molar-refractivity contribution in [3.63, 3.8) is 0 Å². The average molecular weight is 337 g/mol. The van der Waals surface area contributed by atoms with Gasteiger partial charge in [-0.3, -0.25) is 9.78 Å². The molecule has 2 heterocycles. The minimum Gasteiger partial charge on any atom is -0.363 e. The third kappa shape index (κ3) is 4.57. The van der Waals surface area contributed by atoms with Crippen LogP contribution in [0.2, 0.25) is 0 Å². The number of aromatic nitrogens is 3. The molecule has 0 atom stereocenters. The lowest BCUT2D eigenvalue weighted by atomic mass is 10.2. The first-order chi connectivity index (χ1) is 12.2. The minimum absolute atomic E-state index is 0.0901. The predicted octanol–water partition coefficient (Wildman–Crippen LogP) is 2.55. The van der Waals surface area contributed by atoms with Gasteiger partial charge in [-0.05, 0) is 18.2 Å². The molecule has 1 amide bonds. The number of amides is 1. The zero-order valence-electron chi connectivity index (χ0n) is 13.3. The Kier molecular flexibility index (Phi) is 5.26. The molecule has 0 spiro atoms. The van der Waals surface area contributed by atoms with Gasteiger partial charge in [0.25, 0.3) is 5.91 Å². The second kappa shape index (κ2) is 7.96. The maximum atomic E-state index is 13.5. The van der Waals surface area contributed by atoms with Gasteiger partial charge in [0.05, 0.1) is 24.6 Å². The summed E-state index contributed by atoms with van der Waals surface area (Å²) in [5.74, 6) is -0.230. The van der Waals surface area contributed by atoms with Crippen molar-refractivity contribution in [2.24, 2.45) is 0 Å². The Balaban J connectivity index is 1.54. The molecule has 1 aromatic carbocycles. The standard InChI is InChI=1S/C18H16FN5O/c19-15-7-2-1-5-13(15)9-24-18(25)16-11-23-17(12-21-16)22-10-14-6-3-4-8-20-14/h1-8,11-12H,9-10H2,(H,22,23)(H,24,25). The van der Waals surface area contributed by atoms with E-state index in [4.69, 9.17) is 0 Å². The molecule has 0 aliphatic carbocycles. The number of carbonyl (C=O) groups excluding carboxylic acids is 1. The quantitative estimate of drug-likeness (QED) is 0.723. The van der Waals surface area contributed by atoms with Gasteiger partial charge < -0.3 is 10.6 Å². The molecule has 6 nitrogen and oxygen atoms in total. The van der Waals surface area contributed by atoms with E-state index in [1.807, 2.05) is 18.2 Å². The molecule has 126 valence electrons. The first-order valence-electron chi connectivity index (χ1n) is 7.70. The monoisotopic (exact) mass is 337 g/mol. The van der Waals surface area contributed by atoms with Gasteiger partial charge in [0.2, 0.25) is 0 Å². The van der Waals surface area contributed by atoms with E-state index in [2.05, 4.69) is 25.6 Å². The van der Waals surface area contributed by atoms with Crippen LogP contribution < -0.4 is 10.6 Å². The van der Waals surface area contributed by atoms with E-state index in [1.165, 1.54) is 18.5 Å². The summed E-state index contributed by atoms with van der Waals surface area (Å²) in [6.07, 6.45) is 4.56. The highest BCUT2D eigenvalue weighted by atomic mass is 19.1. The average Bonchev–Trinajstić information content (AvgIpc) is 2.67. The highest BCUT2D eigenvalue weighted by molar-refractivity contribution is 5.91. The Labute approximate surface area is 144 Å². The van der Waals surface area contributed by atoms with E-state index in [0.717, 1.165) is 5.69 Å². The highest BCUT2D eigenvalue weighted by Gasteiger charge is 2.09. The van der Waals surface area contributed by atoms with Crippen molar-refractivity contribution in [3.05, 3.63) is 83.8 Å². The summed E-state index contributed by atoms with van der Waals surface area (Å²) in [7, 11) is 0. The fraction of sp³-hybridized carbons (Fsp3) is 0.111. The maximum Gasteiger partial charge on any atom is 0.271 e. The number of rotatable bonds is 6. The fourth-order valence-electron chi connectivity index (χ4n) is 2.13. The number of hydrogen-bond acceptors (Lipinski definition) is 5. The third-order valence-electron chi connectivity index (χ3n) is 3.46. The molecule has 0 saturated heterocycles. The molecular weight excluding hydrogens is 321 g/mol. The SMILES string of the molecule is O=C(NCc1ccccc1F)c1cnc(NCc2ccccn2)cn1. The van der Waals surface area contributed by atoms with E-state index in [0.29, 0.717) is 17.9 Å². The van der Waals surface area contributed by atoms with Gasteiger partial charge in [-0.25, -0.2) is 14.4 Å². The van der Waals surface area contributed by atoms with Gasteiger partial charge in [-0.1, -0.05) is 24.3 Å². The molecule has 7 heteroatoms. The van der Waals surface area contributed by atoms with E-state index in [1.54, 1.807) is 24.4 Å². The van der Waals surface area contributed by atoms with E-state index in [-0.39, 0.29) is 18.1 Å². The van der Waals surface area contributed by atoms with E-state index in [9.17, 15) is 9.18 Å². The molecular formula is C18H16FN5O. The van der Waals surface area contributed by atoms with Crippen LogP contribution in [-0.4, -0.2) is 20.9 Å². The van der Waals surface area contributed by atoms with Crippen LogP contribution in [0, 0.1) is 5.82 Å². The Morgan fingerprint density at radius 1 is 0.960 bits per heavy atom. The number of nitrogens with one attached hydrogen (secondary N) is 2. The normalized spacial score (nSPS) is 10.3. The van der Waals surface area contributed by atoms with Gasteiger partial charge in [-0.15, -0.1) is 0 Å². The van der Waals surface area contributed by atoms with Gasteiger partial charge in [-0.2, -0.15) is 0 Å². The van der Waals surface area contributed by atoms with Crippen LogP contribution in [0.25, 0.3) is 0 Å². The first kappa shape index (κ1) is 16.5. The number of benzene rings is 1. The molecule has 0 aliphatic rings. The zero-order chi connectivity index (χ0) is 17.5. The second-order valence-electron chi connectivity index (χ2n) is 5.24. The van der Waals surface area contributed by atoms with Gasteiger partial charge in [0.1, 0.15) is 17.3 Å². The topological polar surface area (TPSA) is 79.8 Å². The van der Waals surface area contributed by atoms with E-state index < -0.39 is 5.91 Å². The van der Waals surface area contributed by atoms with Crippen LogP contribution >= 0.6 is 0 Å². The third-order valence-corrected chi connectivity index (χ3v) is 3.46. The van der Waals surface area contributed by atoms with Gasteiger partial charge >= 0.3 is 0 Å². The van der Waals surface area contributed by atoms with Gasteiger partial charge in [0, 0.05) is 18.3 Å². The summed E-state index contributed by atoms with van der Waals surface area (Å²) in [5, 5.41) is 5.70. The molecule has 0 aliphatic heterocycles. The Bertz CT molecular complexity index is 840. The predicted molar refractivity (Wildman–Crippen MR) is 91.2 cm³/mol. The van der Waals surface area contributed by atoms with Crippen LogP contribution in [0.1, 0.15) is 21.7 Å². The molecule has 3 aromatic rings. The van der Waals surface area contributed by atoms with Crippen molar-refractivity contribution in [2.45, 2.75) is 13.1 Å². The Morgan fingerprint density at radius 2 is 1.80 bits per heavy atom. The van der Waals surface area contributed by atoms with Crippen LogP contribution in [0.3, 0.4) is 0 Å². The highest BCUT2D eigenvalue weighted by Crippen LogP contribution is 2.07. The number of anilines is 1. The number of halogens is 1. The lowest BCUT2D eigenvalue weighted by Gasteiger charge is -2.07. The summed E-state index contributed by atoms with van der Waals surface area (Å²) in [5.41, 5.74) is 1.45.